The number of rotatable bonds is 4. The van der Waals surface area contributed by atoms with Gasteiger partial charge in [0.25, 0.3) is 0 Å². The predicted octanol–water partition coefficient (Wildman–Crippen LogP) is 4.37. The van der Waals surface area contributed by atoms with Crippen LogP contribution in [0.1, 0.15) is 24.1 Å². The number of pyridine rings is 1. The van der Waals surface area contributed by atoms with E-state index in [1.165, 1.54) is 11.0 Å². The number of anilines is 2. The minimum absolute atomic E-state index is 0.201. The monoisotopic (exact) mass is 378 g/mol. The zero-order valence-electron chi connectivity index (χ0n) is 15.9. The minimum atomic E-state index is -0.578. The first-order valence-corrected chi connectivity index (χ1v) is 9.48. The SMILES string of the molecule is Cc1cc2c(N(Cc3ccc(N4CCCC4)c(F)c3)C(N)=O)cccc2cn1. The number of hydrogen-bond donors (Lipinski definition) is 1. The molecule has 2 heterocycles. The molecule has 0 saturated carbocycles. The molecule has 4 rings (SSSR count). The summed E-state index contributed by atoms with van der Waals surface area (Å²) in [6, 6.07) is 12.2. The van der Waals surface area contributed by atoms with Gasteiger partial charge in [0.15, 0.2) is 0 Å². The quantitative estimate of drug-likeness (QED) is 0.733. The molecule has 1 aromatic heterocycles. The summed E-state index contributed by atoms with van der Waals surface area (Å²) >= 11 is 0. The molecule has 1 aliphatic rings. The van der Waals surface area contributed by atoms with Gasteiger partial charge < -0.3 is 10.6 Å². The molecular weight excluding hydrogens is 355 g/mol. The molecule has 1 saturated heterocycles. The lowest BCUT2D eigenvalue weighted by Gasteiger charge is -2.23. The summed E-state index contributed by atoms with van der Waals surface area (Å²) in [5, 5.41) is 1.81. The van der Waals surface area contributed by atoms with Gasteiger partial charge in [0, 0.05) is 35.8 Å². The van der Waals surface area contributed by atoms with Crippen LogP contribution in [-0.4, -0.2) is 24.1 Å². The van der Waals surface area contributed by atoms with E-state index in [1.54, 1.807) is 12.3 Å². The molecule has 0 aliphatic carbocycles. The van der Waals surface area contributed by atoms with Crippen LogP contribution < -0.4 is 15.5 Å². The normalized spacial score (nSPS) is 13.9. The number of nitrogens with two attached hydrogens (primary N) is 1. The van der Waals surface area contributed by atoms with Crippen LogP contribution in [0.2, 0.25) is 0 Å². The summed E-state index contributed by atoms with van der Waals surface area (Å²) in [6.45, 7) is 3.87. The fraction of sp³-hybridized carbons (Fsp3) is 0.273. The third-order valence-corrected chi connectivity index (χ3v) is 5.23. The molecule has 1 aliphatic heterocycles. The molecule has 0 radical (unpaired) electrons. The zero-order valence-corrected chi connectivity index (χ0v) is 15.9. The highest BCUT2D eigenvalue weighted by Crippen LogP contribution is 2.29. The molecular formula is C22H23FN4O. The second-order valence-electron chi connectivity index (χ2n) is 7.23. The summed E-state index contributed by atoms with van der Waals surface area (Å²) in [4.78, 5) is 20.1. The molecule has 6 heteroatoms. The van der Waals surface area contributed by atoms with Crippen molar-refractivity contribution in [2.24, 2.45) is 5.73 Å². The van der Waals surface area contributed by atoms with Crippen LogP contribution in [0.3, 0.4) is 0 Å². The number of carbonyl (C=O) groups is 1. The highest BCUT2D eigenvalue weighted by atomic mass is 19.1. The van der Waals surface area contributed by atoms with Crippen molar-refractivity contribution in [1.29, 1.82) is 0 Å². The number of halogens is 1. The minimum Gasteiger partial charge on any atom is -0.369 e. The van der Waals surface area contributed by atoms with Crippen LogP contribution in [0.5, 0.6) is 0 Å². The number of benzene rings is 2. The number of fused-ring (bicyclic) bond motifs is 1. The lowest BCUT2D eigenvalue weighted by atomic mass is 10.1. The average molecular weight is 378 g/mol. The number of primary amides is 1. The second-order valence-corrected chi connectivity index (χ2v) is 7.23. The fourth-order valence-corrected chi connectivity index (χ4v) is 3.82. The first-order chi connectivity index (χ1) is 13.5. The Balaban J connectivity index is 1.68. The van der Waals surface area contributed by atoms with Crippen molar-refractivity contribution >= 4 is 28.2 Å². The van der Waals surface area contributed by atoms with Gasteiger partial charge in [0.05, 0.1) is 17.9 Å². The lowest BCUT2D eigenvalue weighted by molar-refractivity contribution is 0.253. The van der Waals surface area contributed by atoms with Gasteiger partial charge in [-0.05, 0) is 49.6 Å². The molecule has 3 aromatic rings. The summed E-state index contributed by atoms with van der Waals surface area (Å²) in [5.74, 6) is -0.262. The summed E-state index contributed by atoms with van der Waals surface area (Å²) < 4.78 is 14.7. The van der Waals surface area contributed by atoms with E-state index in [2.05, 4.69) is 9.88 Å². The Kier molecular flexibility index (Phi) is 4.86. The molecule has 28 heavy (non-hydrogen) atoms. The molecule has 0 bridgehead atoms. The van der Waals surface area contributed by atoms with E-state index in [0.717, 1.165) is 42.4 Å². The molecule has 2 amide bonds. The number of carbonyl (C=O) groups excluding carboxylic acids is 1. The van der Waals surface area contributed by atoms with E-state index < -0.39 is 6.03 Å². The first kappa shape index (κ1) is 18.2. The van der Waals surface area contributed by atoms with Crippen molar-refractivity contribution in [1.82, 2.24) is 4.98 Å². The highest BCUT2D eigenvalue weighted by molar-refractivity contribution is 6.02. The van der Waals surface area contributed by atoms with Crippen LogP contribution in [0.25, 0.3) is 10.8 Å². The number of nitrogens with zero attached hydrogens (tertiary/aromatic N) is 3. The Hall–Kier alpha value is -3.15. The number of hydrogen-bond acceptors (Lipinski definition) is 3. The topological polar surface area (TPSA) is 62.5 Å². The van der Waals surface area contributed by atoms with Gasteiger partial charge in [0.2, 0.25) is 0 Å². The Labute approximate surface area is 163 Å². The molecule has 0 atom stereocenters. The number of aromatic nitrogens is 1. The third kappa shape index (κ3) is 3.50. The van der Waals surface area contributed by atoms with Crippen LogP contribution in [0, 0.1) is 12.7 Å². The maximum absolute atomic E-state index is 14.7. The molecule has 1 fully saturated rings. The zero-order chi connectivity index (χ0) is 19.7. The van der Waals surface area contributed by atoms with E-state index in [9.17, 15) is 9.18 Å². The largest absolute Gasteiger partial charge is 0.369 e. The van der Waals surface area contributed by atoms with E-state index >= 15 is 0 Å². The first-order valence-electron chi connectivity index (χ1n) is 9.48. The van der Waals surface area contributed by atoms with E-state index in [-0.39, 0.29) is 12.4 Å². The molecule has 2 aromatic carbocycles. The molecule has 0 spiro atoms. The fourth-order valence-electron chi connectivity index (χ4n) is 3.82. The Morgan fingerprint density at radius 3 is 2.71 bits per heavy atom. The predicted molar refractivity (Wildman–Crippen MR) is 110 cm³/mol. The van der Waals surface area contributed by atoms with Crippen molar-refractivity contribution in [2.75, 3.05) is 22.9 Å². The molecule has 0 unspecified atom stereocenters. The van der Waals surface area contributed by atoms with Crippen molar-refractivity contribution in [2.45, 2.75) is 26.3 Å². The van der Waals surface area contributed by atoms with Gasteiger partial charge in [-0.15, -0.1) is 0 Å². The van der Waals surface area contributed by atoms with Gasteiger partial charge in [-0.1, -0.05) is 18.2 Å². The highest BCUT2D eigenvalue weighted by Gasteiger charge is 2.19. The number of aryl methyl sites for hydroxylation is 1. The average Bonchev–Trinajstić information content (AvgIpc) is 3.20. The van der Waals surface area contributed by atoms with Gasteiger partial charge >= 0.3 is 6.03 Å². The Bertz CT molecular complexity index is 1030. The summed E-state index contributed by atoms with van der Waals surface area (Å²) in [5.41, 5.74) is 8.55. The molecule has 144 valence electrons. The Morgan fingerprint density at radius 2 is 2.00 bits per heavy atom. The van der Waals surface area contributed by atoms with Gasteiger partial charge in [-0.3, -0.25) is 9.88 Å². The number of amides is 2. The van der Waals surface area contributed by atoms with Gasteiger partial charge in [0.1, 0.15) is 5.82 Å². The standard InChI is InChI=1S/C22H23FN4O/c1-15-11-18-17(13-25-15)5-4-6-20(18)27(22(24)28)14-16-7-8-21(19(23)12-16)26-9-2-3-10-26/h4-8,11-13H,2-3,9-10,14H2,1H3,(H2,24,28). The maximum atomic E-state index is 14.7. The van der Waals surface area contributed by atoms with Crippen LogP contribution >= 0.6 is 0 Å². The third-order valence-electron chi connectivity index (χ3n) is 5.23. The summed E-state index contributed by atoms with van der Waals surface area (Å²) in [7, 11) is 0. The van der Waals surface area contributed by atoms with Crippen molar-refractivity contribution in [3.05, 3.63) is 65.7 Å². The molecule has 5 nitrogen and oxygen atoms in total. The second kappa shape index (κ2) is 7.46. The van der Waals surface area contributed by atoms with E-state index in [4.69, 9.17) is 5.73 Å². The van der Waals surface area contributed by atoms with Crippen molar-refractivity contribution < 1.29 is 9.18 Å². The number of urea groups is 1. The smallest absolute Gasteiger partial charge is 0.319 e. The molecule has 2 N–H and O–H groups in total. The van der Waals surface area contributed by atoms with Gasteiger partial charge in [-0.25, -0.2) is 9.18 Å². The van der Waals surface area contributed by atoms with Crippen molar-refractivity contribution in [3.63, 3.8) is 0 Å². The van der Waals surface area contributed by atoms with Crippen LogP contribution in [0.15, 0.2) is 48.7 Å². The van der Waals surface area contributed by atoms with E-state index in [1.807, 2.05) is 37.3 Å². The summed E-state index contributed by atoms with van der Waals surface area (Å²) in [6.07, 6.45) is 3.95. The maximum Gasteiger partial charge on any atom is 0.319 e. The van der Waals surface area contributed by atoms with Crippen LogP contribution in [-0.2, 0) is 6.54 Å². The van der Waals surface area contributed by atoms with Crippen molar-refractivity contribution in [3.8, 4) is 0 Å². The van der Waals surface area contributed by atoms with Gasteiger partial charge in [-0.2, -0.15) is 0 Å². The van der Waals surface area contributed by atoms with E-state index in [0.29, 0.717) is 16.9 Å². The van der Waals surface area contributed by atoms with Crippen LogP contribution in [0.4, 0.5) is 20.6 Å². The lowest BCUT2D eigenvalue weighted by Crippen LogP contribution is -2.35. The Morgan fingerprint density at radius 1 is 1.21 bits per heavy atom.